The fourth-order valence-electron chi connectivity index (χ4n) is 4.41. The van der Waals surface area contributed by atoms with E-state index >= 15 is 0 Å². The van der Waals surface area contributed by atoms with Crippen molar-refractivity contribution in [3.63, 3.8) is 0 Å². The SMILES string of the molecule is CCCCCCCCCCCCCCC(CC)CCC(C)CCCCCC. The van der Waals surface area contributed by atoms with Crippen LogP contribution in [0, 0.1) is 11.8 Å². The molecule has 0 amide bonds. The van der Waals surface area contributed by atoms with Crippen molar-refractivity contribution in [2.45, 2.75) is 163 Å². The number of hydrogen-bond donors (Lipinski definition) is 0. The zero-order valence-electron chi connectivity index (χ0n) is 20.0. The number of unbranched alkanes of at least 4 members (excludes halogenated alkanes) is 14. The van der Waals surface area contributed by atoms with Crippen molar-refractivity contribution in [2.75, 3.05) is 0 Å². The number of hydrogen-bond acceptors (Lipinski definition) is 0. The van der Waals surface area contributed by atoms with Crippen molar-refractivity contribution in [3.05, 3.63) is 0 Å². The van der Waals surface area contributed by atoms with Crippen molar-refractivity contribution in [3.8, 4) is 0 Å². The van der Waals surface area contributed by atoms with Gasteiger partial charge in [-0.3, -0.25) is 0 Å². The summed E-state index contributed by atoms with van der Waals surface area (Å²) in [4.78, 5) is 0. The van der Waals surface area contributed by atoms with Gasteiger partial charge in [0.1, 0.15) is 0 Å². The van der Waals surface area contributed by atoms with Crippen molar-refractivity contribution < 1.29 is 0 Å². The lowest BCUT2D eigenvalue weighted by atomic mass is 9.88. The minimum atomic E-state index is 0.956. The average molecular weight is 381 g/mol. The largest absolute Gasteiger partial charge is 0.0654 e. The molecule has 0 saturated heterocycles. The molecular weight excluding hydrogens is 324 g/mol. The third-order valence-electron chi connectivity index (χ3n) is 6.66. The Morgan fingerprint density at radius 2 is 0.815 bits per heavy atom. The normalized spacial score (nSPS) is 13.8. The lowest BCUT2D eigenvalue weighted by Gasteiger charge is -2.18. The van der Waals surface area contributed by atoms with Crippen molar-refractivity contribution in [2.24, 2.45) is 11.8 Å². The second-order valence-electron chi connectivity index (χ2n) is 9.48. The molecule has 0 nitrogen and oxygen atoms in total. The van der Waals surface area contributed by atoms with E-state index in [0.717, 1.165) is 11.8 Å². The van der Waals surface area contributed by atoms with Gasteiger partial charge >= 0.3 is 0 Å². The van der Waals surface area contributed by atoms with Crippen LogP contribution in [0.15, 0.2) is 0 Å². The second-order valence-corrected chi connectivity index (χ2v) is 9.48. The molecule has 0 bridgehead atoms. The molecule has 0 aromatic rings. The van der Waals surface area contributed by atoms with Crippen molar-refractivity contribution >= 4 is 0 Å². The van der Waals surface area contributed by atoms with Gasteiger partial charge in [-0.1, -0.05) is 163 Å². The highest BCUT2D eigenvalue weighted by atomic mass is 14.2. The highest BCUT2D eigenvalue weighted by Gasteiger charge is 2.09. The smallest absolute Gasteiger partial charge is 0.0417 e. The molecule has 2 unspecified atom stereocenters. The topological polar surface area (TPSA) is 0 Å². The predicted octanol–water partition coefficient (Wildman–Crippen LogP) is 10.5. The first-order chi connectivity index (χ1) is 13.2. The maximum absolute atomic E-state index is 2.49. The van der Waals surface area contributed by atoms with E-state index in [1.54, 1.807) is 0 Å². The maximum Gasteiger partial charge on any atom is -0.0417 e. The Bertz CT molecular complexity index is 257. The Balaban J connectivity index is 3.40. The predicted molar refractivity (Wildman–Crippen MR) is 127 cm³/mol. The highest BCUT2D eigenvalue weighted by Crippen LogP contribution is 2.24. The summed E-state index contributed by atoms with van der Waals surface area (Å²) in [5, 5.41) is 0. The van der Waals surface area contributed by atoms with E-state index in [-0.39, 0.29) is 0 Å². The molecular formula is C27H56. The summed E-state index contributed by atoms with van der Waals surface area (Å²) < 4.78 is 0. The molecule has 0 N–H and O–H groups in total. The Hall–Kier alpha value is 0. The molecule has 0 rings (SSSR count). The lowest BCUT2D eigenvalue weighted by Crippen LogP contribution is -2.03. The van der Waals surface area contributed by atoms with Crippen LogP contribution in [0.2, 0.25) is 0 Å². The summed E-state index contributed by atoms with van der Waals surface area (Å²) in [6.45, 7) is 9.52. The molecule has 0 saturated carbocycles. The van der Waals surface area contributed by atoms with E-state index in [2.05, 4.69) is 27.7 Å². The average Bonchev–Trinajstić information content (AvgIpc) is 2.68. The van der Waals surface area contributed by atoms with Gasteiger partial charge in [-0.2, -0.15) is 0 Å². The summed E-state index contributed by atoms with van der Waals surface area (Å²) in [6, 6.07) is 0. The first-order valence-electron chi connectivity index (χ1n) is 13.2. The van der Waals surface area contributed by atoms with Gasteiger partial charge < -0.3 is 0 Å². The molecule has 0 aliphatic rings. The molecule has 2 atom stereocenters. The van der Waals surface area contributed by atoms with Gasteiger partial charge in [-0.25, -0.2) is 0 Å². The van der Waals surface area contributed by atoms with Crippen LogP contribution in [0.1, 0.15) is 163 Å². The molecule has 0 aliphatic heterocycles. The minimum Gasteiger partial charge on any atom is -0.0654 e. The molecule has 0 radical (unpaired) electrons. The van der Waals surface area contributed by atoms with Crippen LogP contribution in [0.25, 0.3) is 0 Å². The van der Waals surface area contributed by atoms with Gasteiger partial charge in [0.05, 0.1) is 0 Å². The minimum absolute atomic E-state index is 0.956. The highest BCUT2D eigenvalue weighted by molar-refractivity contribution is 4.62. The third kappa shape index (κ3) is 20.5. The molecule has 0 heteroatoms. The Labute approximate surface area is 174 Å². The molecule has 0 aromatic heterocycles. The van der Waals surface area contributed by atoms with E-state index in [9.17, 15) is 0 Å². The molecule has 164 valence electrons. The van der Waals surface area contributed by atoms with Gasteiger partial charge in [0.2, 0.25) is 0 Å². The Morgan fingerprint density at radius 3 is 1.30 bits per heavy atom. The first kappa shape index (κ1) is 27.0. The summed E-state index contributed by atoms with van der Waals surface area (Å²) in [5.74, 6) is 1.96. The van der Waals surface area contributed by atoms with Crippen LogP contribution in [0.5, 0.6) is 0 Å². The van der Waals surface area contributed by atoms with E-state index < -0.39 is 0 Å². The molecule has 0 aliphatic carbocycles. The van der Waals surface area contributed by atoms with Crippen LogP contribution in [0.4, 0.5) is 0 Å². The van der Waals surface area contributed by atoms with Gasteiger partial charge in [0, 0.05) is 0 Å². The van der Waals surface area contributed by atoms with Crippen LogP contribution >= 0.6 is 0 Å². The van der Waals surface area contributed by atoms with Gasteiger partial charge in [0.15, 0.2) is 0 Å². The fraction of sp³-hybridized carbons (Fsp3) is 1.00. The number of rotatable bonds is 22. The Morgan fingerprint density at radius 1 is 0.407 bits per heavy atom. The summed E-state index contributed by atoms with van der Waals surface area (Å²) in [5.41, 5.74) is 0. The molecule has 0 heterocycles. The van der Waals surface area contributed by atoms with Crippen LogP contribution in [-0.2, 0) is 0 Å². The molecule has 27 heavy (non-hydrogen) atoms. The van der Waals surface area contributed by atoms with Crippen LogP contribution in [0.3, 0.4) is 0 Å². The van der Waals surface area contributed by atoms with Gasteiger partial charge in [-0.15, -0.1) is 0 Å². The summed E-state index contributed by atoms with van der Waals surface area (Å²) in [7, 11) is 0. The maximum atomic E-state index is 2.49. The zero-order valence-corrected chi connectivity index (χ0v) is 20.0. The van der Waals surface area contributed by atoms with Crippen molar-refractivity contribution in [1.29, 1.82) is 0 Å². The van der Waals surface area contributed by atoms with E-state index in [1.807, 2.05) is 0 Å². The van der Waals surface area contributed by atoms with E-state index in [4.69, 9.17) is 0 Å². The standard InChI is InChI=1S/C27H56/c1-5-8-10-12-13-14-15-16-17-18-19-21-23-27(7-3)25-24-26(4)22-20-11-9-6-2/h26-27H,5-25H2,1-4H3. The zero-order chi connectivity index (χ0) is 20.0. The lowest BCUT2D eigenvalue weighted by molar-refractivity contribution is 0.352. The summed E-state index contributed by atoms with van der Waals surface area (Å²) >= 11 is 0. The monoisotopic (exact) mass is 380 g/mol. The molecule has 0 aromatic carbocycles. The van der Waals surface area contributed by atoms with Crippen LogP contribution < -0.4 is 0 Å². The van der Waals surface area contributed by atoms with Crippen molar-refractivity contribution in [1.82, 2.24) is 0 Å². The molecule has 0 spiro atoms. The van der Waals surface area contributed by atoms with Gasteiger partial charge in [-0.05, 0) is 11.8 Å². The fourth-order valence-corrected chi connectivity index (χ4v) is 4.41. The molecule has 0 fully saturated rings. The summed E-state index contributed by atoms with van der Waals surface area (Å²) in [6.07, 6.45) is 30.7. The first-order valence-corrected chi connectivity index (χ1v) is 13.2. The van der Waals surface area contributed by atoms with E-state index in [1.165, 1.54) is 135 Å². The second kappa shape index (κ2) is 22.3. The van der Waals surface area contributed by atoms with E-state index in [0.29, 0.717) is 0 Å². The van der Waals surface area contributed by atoms with Crippen LogP contribution in [-0.4, -0.2) is 0 Å². The van der Waals surface area contributed by atoms with Gasteiger partial charge in [0.25, 0.3) is 0 Å². The Kier molecular flexibility index (Phi) is 22.3. The quantitative estimate of drug-likeness (QED) is 0.164. The third-order valence-corrected chi connectivity index (χ3v) is 6.66.